The quantitative estimate of drug-likeness (QED) is 0.697. The number of carbonyl (C=O) groups excluding carboxylic acids is 1. The Labute approximate surface area is 163 Å². The van der Waals surface area contributed by atoms with Gasteiger partial charge >= 0.3 is 0 Å². The van der Waals surface area contributed by atoms with E-state index in [4.69, 9.17) is 0 Å². The van der Waals surface area contributed by atoms with Crippen molar-refractivity contribution in [1.29, 1.82) is 0 Å². The third-order valence-corrected chi connectivity index (χ3v) is 6.36. The number of hydrogen-bond acceptors (Lipinski definition) is 5. The Kier molecular flexibility index (Phi) is 5.04. The number of nitrogens with one attached hydrogen (secondary N) is 1. The Morgan fingerprint density at radius 2 is 2.11 bits per heavy atom. The van der Waals surface area contributed by atoms with Crippen molar-refractivity contribution in [3.05, 3.63) is 23.8 Å². The molecule has 4 rings (SSSR count). The summed E-state index contributed by atoms with van der Waals surface area (Å²) in [5.74, 6) is 0.927. The van der Waals surface area contributed by atoms with Crippen molar-refractivity contribution in [2.45, 2.75) is 50.7 Å². The highest BCUT2D eigenvalue weighted by molar-refractivity contribution is 7.99. The molecule has 1 aliphatic carbocycles. The number of hydrogen-bond donors (Lipinski definition) is 1. The lowest BCUT2D eigenvalue weighted by molar-refractivity contribution is -0.119. The number of amides is 1. The average molecular weight is 384 g/mol. The zero-order valence-electron chi connectivity index (χ0n) is 16.0. The van der Waals surface area contributed by atoms with Crippen molar-refractivity contribution in [3.8, 4) is 0 Å². The van der Waals surface area contributed by atoms with Gasteiger partial charge in [0.15, 0.2) is 5.65 Å². The first-order valence-electron chi connectivity index (χ1n) is 9.54. The molecule has 1 fully saturated rings. The summed E-state index contributed by atoms with van der Waals surface area (Å²) >= 11 is 1.34. The molecular formula is C20H25N5OS. The highest BCUT2D eigenvalue weighted by Crippen LogP contribution is 2.27. The number of benzene rings is 1. The number of rotatable bonds is 4. The molecule has 0 bridgehead atoms. The number of thioether (sulfide) groups is 1. The minimum Gasteiger partial charge on any atom is -0.352 e. The van der Waals surface area contributed by atoms with E-state index in [1.165, 1.54) is 36.6 Å². The van der Waals surface area contributed by atoms with E-state index < -0.39 is 0 Å². The molecule has 0 radical (unpaired) electrons. The molecule has 0 saturated heterocycles. The zero-order valence-corrected chi connectivity index (χ0v) is 16.8. The van der Waals surface area contributed by atoms with E-state index in [0.717, 1.165) is 28.5 Å². The maximum Gasteiger partial charge on any atom is 0.230 e. The van der Waals surface area contributed by atoms with Crippen LogP contribution in [-0.2, 0) is 11.8 Å². The molecule has 1 saturated carbocycles. The molecule has 27 heavy (non-hydrogen) atoms. The Bertz CT molecular complexity index is 999. The van der Waals surface area contributed by atoms with Gasteiger partial charge < -0.3 is 9.88 Å². The van der Waals surface area contributed by atoms with Crippen LogP contribution in [0.3, 0.4) is 0 Å². The predicted molar refractivity (Wildman–Crippen MR) is 109 cm³/mol. The number of aryl methyl sites for hydroxylation is 2. The van der Waals surface area contributed by atoms with Crippen molar-refractivity contribution in [2.24, 2.45) is 13.0 Å². The van der Waals surface area contributed by atoms with Gasteiger partial charge in [-0.25, -0.2) is 4.98 Å². The molecule has 1 N–H and O–H groups in total. The van der Waals surface area contributed by atoms with Gasteiger partial charge in [0.2, 0.25) is 11.1 Å². The molecular weight excluding hydrogens is 358 g/mol. The van der Waals surface area contributed by atoms with Crippen molar-refractivity contribution in [1.82, 2.24) is 25.1 Å². The summed E-state index contributed by atoms with van der Waals surface area (Å²) in [6.07, 6.45) is 4.75. The number of carbonyl (C=O) groups is 1. The normalized spacial score (nSPS) is 20.3. The zero-order chi connectivity index (χ0) is 19.0. The van der Waals surface area contributed by atoms with Gasteiger partial charge in [-0.15, -0.1) is 10.2 Å². The molecule has 1 aliphatic rings. The van der Waals surface area contributed by atoms with Gasteiger partial charge in [0.25, 0.3) is 0 Å². The van der Waals surface area contributed by atoms with E-state index in [-0.39, 0.29) is 5.91 Å². The van der Waals surface area contributed by atoms with Gasteiger partial charge in [-0.2, -0.15) is 0 Å². The smallest absolute Gasteiger partial charge is 0.230 e. The molecule has 3 aromatic rings. The largest absolute Gasteiger partial charge is 0.352 e. The summed E-state index contributed by atoms with van der Waals surface area (Å²) in [5.41, 5.74) is 3.88. The second-order valence-electron chi connectivity index (χ2n) is 7.57. The topological polar surface area (TPSA) is 72.7 Å². The Hall–Kier alpha value is -2.15. The molecule has 6 nitrogen and oxygen atoms in total. The molecule has 0 spiro atoms. The monoisotopic (exact) mass is 383 g/mol. The maximum absolute atomic E-state index is 12.3. The van der Waals surface area contributed by atoms with Crippen molar-refractivity contribution in [2.75, 3.05) is 5.75 Å². The van der Waals surface area contributed by atoms with E-state index in [0.29, 0.717) is 22.9 Å². The molecule has 0 unspecified atom stereocenters. The maximum atomic E-state index is 12.3. The third-order valence-electron chi connectivity index (χ3n) is 5.53. The van der Waals surface area contributed by atoms with Crippen LogP contribution >= 0.6 is 11.8 Å². The first-order valence-corrected chi connectivity index (χ1v) is 10.5. The summed E-state index contributed by atoms with van der Waals surface area (Å²) in [7, 11) is 1.99. The number of fused-ring (bicyclic) bond motifs is 3. The van der Waals surface area contributed by atoms with E-state index in [2.05, 4.69) is 52.5 Å². The molecule has 7 heteroatoms. The van der Waals surface area contributed by atoms with Crippen LogP contribution in [0, 0.1) is 12.8 Å². The summed E-state index contributed by atoms with van der Waals surface area (Å²) in [5, 5.41) is 13.4. The van der Waals surface area contributed by atoms with E-state index in [1.54, 1.807) is 0 Å². The van der Waals surface area contributed by atoms with Crippen LogP contribution in [-0.4, -0.2) is 37.5 Å². The van der Waals surface area contributed by atoms with Crippen LogP contribution in [0.5, 0.6) is 0 Å². The lowest BCUT2D eigenvalue weighted by Gasteiger charge is -2.29. The molecule has 1 aromatic carbocycles. The molecule has 2 aromatic heterocycles. The molecule has 1 amide bonds. The highest BCUT2D eigenvalue weighted by Gasteiger charge is 2.23. The summed E-state index contributed by atoms with van der Waals surface area (Å²) < 4.78 is 2.03. The van der Waals surface area contributed by atoms with Crippen molar-refractivity contribution < 1.29 is 4.79 Å². The fourth-order valence-electron chi connectivity index (χ4n) is 3.93. The van der Waals surface area contributed by atoms with Gasteiger partial charge in [0, 0.05) is 18.5 Å². The van der Waals surface area contributed by atoms with Crippen LogP contribution < -0.4 is 5.32 Å². The van der Waals surface area contributed by atoms with Crippen LogP contribution in [0.4, 0.5) is 0 Å². The van der Waals surface area contributed by atoms with E-state index >= 15 is 0 Å². The minimum absolute atomic E-state index is 0.0510. The Morgan fingerprint density at radius 1 is 1.30 bits per heavy atom. The summed E-state index contributed by atoms with van der Waals surface area (Å²) in [6, 6.07) is 6.58. The van der Waals surface area contributed by atoms with Crippen LogP contribution in [0.2, 0.25) is 0 Å². The van der Waals surface area contributed by atoms with Crippen LogP contribution in [0.15, 0.2) is 23.4 Å². The van der Waals surface area contributed by atoms with Crippen LogP contribution in [0.25, 0.3) is 22.1 Å². The number of aromatic nitrogens is 4. The Morgan fingerprint density at radius 3 is 2.93 bits per heavy atom. The molecule has 2 atom stereocenters. The average Bonchev–Trinajstić information content (AvgIpc) is 2.93. The van der Waals surface area contributed by atoms with Crippen molar-refractivity contribution in [3.63, 3.8) is 0 Å². The lowest BCUT2D eigenvalue weighted by atomic mass is 9.86. The first-order chi connectivity index (χ1) is 13.0. The van der Waals surface area contributed by atoms with Crippen molar-refractivity contribution >= 4 is 39.7 Å². The standard InChI is InChI=1S/C20H25N5OS/c1-12-8-9-16-14(10-12)18-19(25(16)3)22-20(24-23-18)27-11-17(26)21-15-7-5-4-6-13(15)2/h8-10,13,15H,4-7,11H2,1-3H3,(H,21,26)/t13-,15+/m1/s1. The minimum atomic E-state index is 0.0510. The summed E-state index contributed by atoms with van der Waals surface area (Å²) in [4.78, 5) is 17.0. The van der Waals surface area contributed by atoms with Gasteiger partial charge in [0.05, 0.1) is 11.3 Å². The fourth-order valence-corrected chi connectivity index (χ4v) is 4.52. The second kappa shape index (κ2) is 7.46. The SMILES string of the molecule is Cc1ccc2c(c1)c1nnc(SCC(=O)N[C@H]3CCCC[C@H]3C)nc1n2C. The lowest BCUT2D eigenvalue weighted by Crippen LogP contribution is -2.41. The van der Waals surface area contributed by atoms with E-state index in [1.807, 2.05) is 11.6 Å². The fraction of sp³-hybridized carbons (Fsp3) is 0.500. The van der Waals surface area contributed by atoms with Gasteiger partial charge in [-0.3, -0.25) is 4.79 Å². The first kappa shape index (κ1) is 18.2. The van der Waals surface area contributed by atoms with Crippen LogP contribution in [0.1, 0.15) is 38.2 Å². The molecule has 2 heterocycles. The molecule has 0 aliphatic heterocycles. The molecule has 142 valence electrons. The predicted octanol–water partition coefficient (Wildman–Crippen LogP) is 3.61. The van der Waals surface area contributed by atoms with Gasteiger partial charge in [-0.1, -0.05) is 43.2 Å². The second-order valence-corrected chi connectivity index (χ2v) is 8.51. The Balaban J connectivity index is 1.48. The van der Waals surface area contributed by atoms with Gasteiger partial charge in [-0.05, 0) is 37.8 Å². The van der Waals surface area contributed by atoms with E-state index in [9.17, 15) is 4.79 Å². The highest BCUT2D eigenvalue weighted by atomic mass is 32.2. The third kappa shape index (κ3) is 3.65. The summed E-state index contributed by atoms with van der Waals surface area (Å²) in [6.45, 7) is 4.29. The number of nitrogens with zero attached hydrogens (tertiary/aromatic N) is 4. The van der Waals surface area contributed by atoms with Gasteiger partial charge in [0.1, 0.15) is 5.52 Å².